The summed E-state index contributed by atoms with van der Waals surface area (Å²) in [6, 6.07) is -0.178. The lowest BCUT2D eigenvalue weighted by Gasteiger charge is -2.22. The summed E-state index contributed by atoms with van der Waals surface area (Å²) < 4.78 is 50.0. The molecule has 8 heteroatoms. The molecule has 1 N–H and O–H groups in total. The van der Waals surface area contributed by atoms with Crippen molar-refractivity contribution in [3.8, 4) is 0 Å². The molecule has 0 aromatic heterocycles. The van der Waals surface area contributed by atoms with E-state index in [4.69, 9.17) is 0 Å². The molecule has 0 aromatic rings. The number of rotatable bonds is 7. The van der Waals surface area contributed by atoms with E-state index >= 15 is 0 Å². The maximum Gasteiger partial charge on any atom is 0.235 e. The van der Waals surface area contributed by atoms with E-state index in [-0.39, 0.29) is 6.04 Å². The van der Waals surface area contributed by atoms with Crippen LogP contribution < -0.4 is 4.72 Å². The summed E-state index contributed by atoms with van der Waals surface area (Å²) >= 11 is 0. The van der Waals surface area contributed by atoms with Gasteiger partial charge in [0.15, 0.2) is 0 Å². The average Bonchev–Trinajstić information content (AvgIpc) is 2.24. The monoisotopic (exact) mass is 310 g/mol. The molecular weight excluding hydrogens is 288 g/mol. The van der Waals surface area contributed by atoms with Gasteiger partial charge in [-0.2, -0.15) is 4.31 Å². The van der Waals surface area contributed by atoms with Crippen LogP contribution >= 0.6 is 0 Å². The molecule has 112 valence electrons. The first-order chi connectivity index (χ1) is 8.33. The van der Waals surface area contributed by atoms with Crippen LogP contribution in [0.3, 0.4) is 0 Å². The van der Waals surface area contributed by atoms with E-state index in [9.17, 15) is 16.8 Å². The zero-order chi connectivity index (χ0) is 15.5. The van der Waals surface area contributed by atoms with Crippen LogP contribution in [-0.4, -0.2) is 39.8 Å². The summed E-state index contributed by atoms with van der Waals surface area (Å²) in [6.45, 7) is 9.77. The molecule has 0 fully saturated rings. The highest BCUT2D eigenvalue weighted by Gasteiger charge is 2.23. The number of hydrogen-bond donors (Lipinski definition) is 1. The SMILES string of the molecule is C=CS(=O)(=O)NC(C)(C)/C=C/S(=O)(=O)N(C)C(C)C. The van der Waals surface area contributed by atoms with Gasteiger partial charge in [0.25, 0.3) is 0 Å². The largest absolute Gasteiger partial charge is 0.235 e. The van der Waals surface area contributed by atoms with E-state index in [1.165, 1.54) is 17.4 Å². The summed E-state index contributed by atoms with van der Waals surface area (Å²) in [5.74, 6) is 0. The summed E-state index contributed by atoms with van der Waals surface area (Å²) in [4.78, 5) is 0. The third-order valence-corrected chi connectivity index (χ3v) is 5.36. The molecule has 0 aromatic carbocycles. The maximum atomic E-state index is 11.9. The number of nitrogens with zero attached hydrogens (tertiary/aromatic N) is 1. The van der Waals surface area contributed by atoms with Gasteiger partial charge in [-0.15, -0.1) is 0 Å². The molecular formula is C11H22N2O4S2. The minimum absolute atomic E-state index is 0.178. The van der Waals surface area contributed by atoms with Gasteiger partial charge in [-0.1, -0.05) is 12.7 Å². The lowest BCUT2D eigenvalue weighted by Crippen LogP contribution is -2.41. The average molecular weight is 310 g/mol. The van der Waals surface area contributed by atoms with Crippen LogP contribution in [0.2, 0.25) is 0 Å². The van der Waals surface area contributed by atoms with Gasteiger partial charge in [0.1, 0.15) is 0 Å². The second-order valence-electron chi connectivity index (χ2n) is 4.99. The van der Waals surface area contributed by atoms with Gasteiger partial charge >= 0.3 is 0 Å². The third kappa shape index (κ3) is 6.33. The van der Waals surface area contributed by atoms with Crippen LogP contribution in [0.5, 0.6) is 0 Å². The van der Waals surface area contributed by atoms with Crippen molar-refractivity contribution in [3.63, 3.8) is 0 Å². The van der Waals surface area contributed by atoms with E-state index in [2.05, 4.69) is 11.3 Å². The Morgan fingerprint density at radius 2 is 1.68 bits per heavy atom. The molecule has 0 unspecified atom stereocenters. The molecule has 0 atom stereocenters. The summed E-state index contributed by atoms with van der Waals surface area (Å²) in [7, 11) is -5.73. The minimum atomic E-state index is -3.63. The molecule has 0 saturated carbocycles. The summed E-state index contributed by atoms with van der Waals surface area (Å²) in [5.41, 5.74) is -1.03. The van der Waals surface area contributed by atoms with Crippen molar-refractivity contribution >= 4 is 20.0 Å². The van der Waals surface area contributed by atoms with Gasteiger partial charge in [-0.05, 0) is 27.7 Å². The van der Waals surface area contributed by atoms with Crippen molar-refractivity contribution in [2.45, 2.75) is 39.3 Å². The fourth-order valence-corrected chi connectivity index (χ4v) is 3.26. The molecule has 0 saturated heterocycles. The third-order valence-electron chi connectivity index (χ3n) is 2.41. The van der Waals surface area contributed by atoms with Crippen molar-refractivity contribution in [1.29, 1.82) is 0 Å². The highest BCUT2D eigenvalue weighted by Crippen LogP contribution is 2.11. The minimum Gasteiger partial charge on any atom is -0.208 e. The van der Waals surface area contributed by atoms with Crippen LogP contribution in [-0.2, 0) is 20.0 Å². The lowest BCUT2D eigenvalue weighted by molar-refractivity contribution is 0.416. The Kier molecular flexibility index (Phi) is 5.94. The molecule has 0 radical (unpaired) electrons. The first-order valence-corrected chi connectivity index (χ1v) is 8.71. The Hall–Kier alpha value is -0.700. The summed E-state index contributed by atoms with van der Waals surface area (Å²) in [5, 5.41) is 1.77. The molecule has 0 aliphatic heterocycles. The number of nitrogens with one attached hydrogen (secondary N) is 1. The molecule has 6 nitrogen and oxygen atoms in total. The molecule has 0 rings (SSSR count). The fraction of sp³-hybridized carbons (Fsp3) is 0.636. The first kappa shape index (κ1) is 18.3. The van der Waals surface area contributed by atoms with Gasteiger partial charge < -0.3 is 0 Å². The smallest absolute Gasteiger partial charge is 0.208 e. The lowest BCUT2D eigenvalue weighted by atomic mass is 10.1. The quantitative estimate of drug-likeness (QED) is 0.760. The van der Waals surface area contributed by atoms with Crippen molar-refractivity contribution in [3.05, 3.63) is 23.5 Å². The topological polar surface area (TPSA) is 83.5 Å². The Morgan fingerprint density at radius 3 is 2.05 bits per heavy atom. The molecule has 19 heavy (non-hydrogen) atoms. The Morgan fingerprint density at radius 1 is 1.21 bits per heavy atom. The van der Waals surface area contributed by atoms with E-state index in [0.29, 0.717) is 0 Å². The predicted molar refractivity (Wildman–Crippen MR) is 77.3 cm³/mol. The highest BCUT2D eigenvalue weighted by atomic mass is 32.2. The van der Waals surface area contributed by atoms with Gasteiger partial charge in [0.2, 0.25) is 20.0 Å². The molecule has 0 bridgehead atoms. The summed E-state index contributed by atoms with van der Waals surface area (Å²) in [6.07, 6.45) is 1.29. The van der Waals surface area contributed by atoms with Crippen molar-refractivity contribution < 1.29 is 16.8 Å². The molecule has 0 aliphatic carbocycles. The van der Waals surface area contributed by atoms with Gasteiger partial charge in [-0.25, -0.2) is 21.6 Å². The highest BCUT2D eigenvalue weighted by molar-refractivity contribution is 7.92. The van der Waals surface area contributed by atoms with Crippen molar-refractivity contribution in [2.75, 3.05) is 7.05 Å². The maximum absolute atomic E-state index is 11.9. The molecule has 0 amide bonds. The normalized spacial score (nSPS) is 14.5. The fourth-order valence-electron chi connectivity index (χ4n) is 1.09. The van der Waals surface area contributed by atoms with E-state index in [0.717, 1.165) is 10.8 Å². The molecule has 0 aliphatic rings. The standard InChI is InChI=1S/C11H22N2O4S2/c1-7-18(14,15)12-11(4,5)8-9-19(16,17)13(6)10(2)3/h7-10,12H,1H2,2-6H3/b9-8+. The van der Waals surface area contributed by atoms with Crippen LogP contribution in [0.25, 0.3) is 0 Å². The van der Waals surface area contributed by atoms with Crippen molar-refractivity contribution in [2.24, 2.45) is 0 Å². The Bertz CT molecular complexity index is 545. The van der Waals surface area contributed by atoms with Crippen LogP contribution in [0.1, 0.15) is 27.7 Å². The predicted octanol–water partition coefficient (Wildman–Crippen LogP) is 1.01. The zero-order valence-electron chi connectivity index (χ0n) is 11.9. The zero-order valence-corrected chi connectivity index (χ0v) is 13.5. The van der Waals surface area contributed by atoms with Gasteiger partial charge in [-0.3, -0.25) is 0 Å². The Labute approximate surface area is 116 Å². The van der Waals surface area contributed by atoms with Crippen LogP contribution in [0.4, 0.5) is 0 Å². The second kappa shape index (κ2) is 6.17. The van der Waals surface area contributed by atoms with Crippen LogP contribution in [0, 0.1) is 0 Å². The van der Waals surface area contributed by atoms with E-state index in [1.54, 1.807) is 27.7 Å². The Balaban J connectivity index is 5.13. The molecule has 0 spiro atoms. The second-order valence-corrected chi connectivity index (χ2v) is 8.50. The van der Waals surface area contributed by atoms with Crippen molar-refractivity contribution in [1.82, 2.24) is 9.03 Å². The number of hydrogen-bond acceptors (Lipinski definition) is 4. The van der Waals surface area contributed by atoms with Gasteiger partial charge in [0.05, 0.1) is 0 Å². The van der Waals surface area contributed by atoms with Gasteiger partial charge in [0, 0.05) is 29.4 Å². The van der Waals surface area contributed by atoms with E-state index in [1.807, 2.05) is 0 Å². The first-order valence-electron chi connectivity index (χ1n) is 5.67. The number of sulfonamides is 2. The molecule has 0 heterocycles. The van der Waals surface area contributed by atoms with Crippen LogP contribution in [0.15, 0.2) is 23.5 Å². The van der Waals surface area contributed by atoms with E-state index < -0.39 is 25.6 Å².